The second-order valence-electron chi connectivity index (χ2n) is 5.89. The number of rotatable bonds is 3. The van der Waals surface area contributed by atoms with E-state index in [1.54, 1.807) is 12.3 Å². The van der Waals surface area contributed by atoms with E-state index < -0.39 is 0 Å². The molecule has 124 valence electrons. The number of ketones is 1. The summed E-state index contributed by atoms with van der Waals surface area (Å²) in [6.45, 7) is 0. The third kappa shape index (κ3) is 2.28. The molecule has 2 aromatic carbocycles. The number of fused-ring (bicyclic) bond motifs is 3. The van der Waals surface area contributed by atoms with Crippen LogP contribution < -0.4 is 0 Å². The molecule has 0 aliphatic heterocycles. The Bertz CT molecular complexity index is 1250. The number of benzene rings is 2. The Labute approximate surface area is 147 Å². The number of pyridine rings is 1. The van der Waals surface area contributed by atoms with Crippen LogP contribution in [0.15, 0.2) is 71.4 Å². The van der Waals surface area contributed by atoms with Gasteiger partial charge in [-0.2, -0.15) is 0 Å². The van der Waals surface area contributed by atoms with Gasteiger partial charge in [-0.1, -0.05) is 53.7 Å². The number of para-hydroxylation sites is 1. The van der Waals surface area contributed by atoms with Gasteiger partial charge in [0.15, 0.2) is 17.3 Å². The first-order valence-electron chi connectivity index (χ1n) is 8.10. The lowest BCUT2D eigenvalue weighted by Gasteiger charge is -1.95. The van der Waals surface area contributed by atoms with Gasteiger partial charge in [-0.05, 0) is 6.07 Å². The third-order valence-electron chi connectivity index (χ3n) is 4.24. The molecule has 0 aliphatic rings. The maximum Gasteiger partial charge on any atom is 0.250 e. The van der Waals surface area contributed by atoms with Crippen molar-refractivity contribution in [3.05, 3.63) is 78.4 Å². The van der Waals surface area contributed by atoms with Crippen molar-refractivity contribution in [2.24, 2.45) is 0 Å². The lowest BCUT2D eigenvalue weighted by atomic mass is 10.1. The maximum atomic E-state index is 12.8. The summed E-state index contributed by atoms with van der Waals surface area (Å²) >= 11 is 0. The van der Waals surface area contributed by atoms with Gasteiger partial charge in [0.05, 0.1) is 17.2 Å². The normalized spacial score (nSPS) is 11.2. The van der Waals surface area contributed by atoms with Gasteiger partial charge < -0.3 is 9.51 Å². The number of carbonyl (C=O) groups is 1. The number of aromatic nitrogens is 4. The molecule has 5 aromatic rings. The molecule has 1 N–H and O–H groups in total. The van der Waals surface area contributed by atoms with Crippen LogP contribution in [0.2, 0.25) is 0 Å². The maximum absolute atomic E-state index is 12.8. The predicted octanol–water partition coefficient (Wildman–Crippen LogP) is 4.00. The number of nitrogens with zero attached hydrogens (tertiary/aromatic N) is 3. The quantitative estimate of drug-likeness (QED) is 0.502. The zero-order chi connectivity index (χ0) is 17.5. The summed E-state index contributed by atoms with van der Waals surface area (Å²) in [7, 11) is 0. The van der Waals surface area contributed by atoms with Crippen molar-refractivity contribution in [1.29, 1.82) is 0 Å². The molecule has 6 nitrogen and oxygen atoms in total. The van der Waals surface area contributed by atoms with Gasteiger partial charge in [-0.25, -0.2) is 4.98 Å². The second kappa shape index (κ2) is 5.63. The number of nitrogens with one attached hydrogen (secondary N) is 1. The molecule has 0 spiro atoms. The standard InChI is InChI=1S/C20H12N4O2/c25-19(15-10-17(26-24-15)12-6-2-1-3-7-12)20-22-16-11-21-14-9-5-4-8-13(14)18(16)23-20/h1-11H,(H,22,23). The molecule has 3 heterocycles. The van der Waals surface area contributed by atoms with Crippen LogP contribution in [0.3, 0.4) is 0 Å². The fraction of sp³-hybridized carbons (Fsp3) is 0. The van der Waals surface area contributed by atoms with E-state index in [9.17, 15) is 4.79 Å². The van der Waals surface area contributed by atoms with E-state index in [1.165, 1.54) is 0 Å². The fourth-order valence-electron chi connectivity index (χ4n) is 2.96. The molecular formula is C20H12N4O2. The number of H-pyrrole nitrogens is 1. The van der Waals surface area contributed by atoms with E-state index in [4.69, 9.17) is 4.52 Å². The zero-order valence-corrected chi connectivity index (χ0v) is 13.5. The molecule has 0 fully saturated rings. The topological polar surface area (TPSA) is 84.7 Å². The van der Waals surface area contributed by atoms with Crippen molar-refractivity contribution in [2.45, 2.75) is 0 Å². The van der Waals surface area contributed by atoms with Gasteiger partial charge in [-0.3, -0.25) is 9.78 Å². The first-order chi connectivity index (χ1) is 12.8. The van der Waals surface area contributed by atoms with Gasteiger partial charge in [0.1, 0.15) is 5.52 Å². The summed E-state index contributed by atoms with van der Waals surface area (Å²) in [4.78, 5) is 24.6. The van der Waals surface area contributed by atoms with E-state index in [0.717, 1.165) is 16.5 Å². The van der Waals surface area contributed by atoms with Crippen LogP contribution in [0.1, 0.15) is 16.3 Å². The largest absolute Gasteiger partial charge is 0.356 e. The van der Waals surface area contributed by atoms with Gasteiger partial charge in [0, 0.05) is 17.0 Å². The van der Waals surface area contributed by atoms with Gasteiger partial charge in [0.25, 0.3) is 0 Å². The van der Waals surface area contributed by atoms with E-state index in [2.05, 4.69) is 20.1 Å². The summed E-state index contributed by atoms with van der Waals surface area (Å²) in [6, 6.07) is 18.8. The third-order valence-corrected chi connectivity index (χ3v) is 4.24. The Hall–Kier alpha value is -3.80. The summed E-state index contributed by atoms with van der Waals surface area (Å²) in [5.41, 5.74) is 3.32. The highest BCUT2D eigenvalue weighted by Gasteiger charge is 2.20. The number of aromatic amines is 1. The summed E-state index contributed by atoms with van der Waals surface area (Å²) in [6.07, 6.45) is 1.68. The number of imidazole rings is 1. The van der Waals surface area contributed by atoms with Crippen molar-refractivity contribution in [3.63, 3.8) is 0 Å². The van der Waals surface area contributed by atoms with Crippen LogP contribution in [0.4, 0.5) is 0 Å². The van der Waals surface area contributed by atoms with Gasteiger partial charge in [0.2, 0.25) is 5.78 Å². The van der Waals surface area contributed by atoms with E-state index in [1.807, 2.05) is 54.6 Å². The number of hydrogen-bond donors (Lipinski definition) is 1. The van der Waals surface area contributed by atoms with Crippen LogP contribution >= 0.6 is 0 Å². The van der Waals surface area contributed by atoms with Gasteiger partial charge in [-0.15, -0.1) is 0 Å². The van der Waals surface area contributed by atoms with Crippen LogP contribution in [-0.2, 0) is 0 Å². The Kier molecular flexibility index (Phi) is 3.15. The number of hydrogen-bond acceptors (Lipinski definition) is 5. The van der Waals surface area contributed by atoms with E-state index in [-0.39, 0.29) is 17.3 Å². The first kappa shape index (κ1) is 14.5. The van der Waals surface area contributed by atoms with E-state index in [0.29, 0.717) is 16.8 Å². The molecule has 5 rings (SSSR count). The second-order valence-corrected chi connectivity index (χ2v) is 5.89. The van der Waals surface area contributed by atoms with Crippen molar-refractivity contribution in [1.82, 2.24) is 20.1 Å². The molecular weight excluding hydrogens is 328 g/mol. The summed E-state index contributed by atoms with van der Waals surface area (Å²) in [5, 5.41) is 4.80. The molecule has 0 saturated carbocycles. The Morgan fingerprint density at radius 2 is 1.81 bits per heavy atom. The first-order valence-corrected chi connectivity index (χ1v) is 8.10. The molecule has 26 heavy (non-hydrogen) atoms. The molecule has 0 unspecified atom stereocenters. The molecule has 0 bridgehead atoms. The Balaban J connectivity index is 1.57. The van der Waals surface area contributed by atoms with Crippen LogP contribution in [0, 0.1) is 0 Å². The highest BCUT2D eigenvalue weighted by atomic mass is 16.5. The molecule has 0 aliphatic carbocycles. The minimum atomic E-state index is -0.323. The van der Waals surface area contributed by atoms with Crippen LogP contribution in [0.25, 0.3) is 33.3 Å². The minimum Gasteiger partial charge on any atom is -0.356 e. The van der Waals surface area contributed by atoms with Crippen LogP contribution in [-0.4, -0.2) is 25.9 Å². The monoisotopic (exact) mass is 340 g/mol. The lowest BCUT2D eigenvalue weighted by Crippen LogP contribution is -2.03. The Morgan fingerprint density at radius 3 is 2.69 bits per heavy atom. The minimum absolute atomic E-state index is 0.208. The predicted molar refractivity (Wildman–Crippen MR) is 96.8 cm³/mol. The van der Waals surface area contributed by atoms with Crippen LogP contribution in [0.5, 0.6) is 0 Å². The average molecular weight is 340 g/mol. The Morgan fingerprint density at radius 1 is 1.00 bits per heavy atom. The summed E-state index contributed by atoms with van der Waals surface area (Å²) < 4.78 is 5.31. The molecule has 0 atom stereocenters. The zero-order valence-electron chi connectivity index (χ0n) is 13.5. The molecule has 0 saturated heterocycles. The number of carbonyl (C=O) groups excluding carboxylic acids is 1. The molecule has 3 aromatic heterocycles. The van der Waals surface area contributed by atoms with E-state index >= 15 is 0 Å². The van der Waals surface area contributed by atoms with Crippen molar-refractivity contribution in [2.75, 3.05) is 0 Å². The molecule has 0 amide bonds. The SMILES string of the molecule is O=C(c1cc(-c2ccccc2)on1)c1nc2c(cnc3ccccc32)[nH]1. The average Bonchev–Trinajstić information content (AvgIpc) is 3.35. The lowest BCUT2D eigenvalue weighted by molar-refractivity contribution is 0.102. The molecule has 0 radical (unpaired) electrons. The highest BCUT2D eigenvalue weighted by Crippen LogP contribution is 2.24. The molecule has 6 heteroatoms. The fourth-order valence-corrected chi connectivity index (χ4v) is 2.96. The van der Waals surface area contributed by atoms with Crippen molar-refractivity contribution >= 4 is 27.7 Å². The summed E-state index contributed by atoms with van der Waals surface area (Å²) in [5.74, 6) is 0.430. The van der Waals surface area contributed by atoms with Gasteiger partial charge >= 0.3 is 0 Å². The van der Waals surface area contributed by atoms with Crippen molar-refractivity contribution in [3.8, 4) is 11.3 Å². The smallest absolute Gasteiger partial charge is 0.250 e. The van der Waals surface area contributed by atoms with Crippen molar-refractivity contribution < 1.29 is 9.32 Å². The highest BCUT2D eigenvalue weighted by molar-refractivity contribution is 6.09.